The lowest BCUT2D eigenvalue weighted by molar-refractivity contribution is 0.139. The van der Waals surface area contributed by atoms with E-state index >= 15 is 0 Å². The molecule has 0 N–H and O–H groups in total. The van der Waals surface area contributed by atoms with Gasteiger partial charge in [0.15, 0.2) is 5.75 Å². The summed E-state index contributed by atoms with van der Waals surface area (Å²) < 4.78 is 5.55. The number of halogens is 2. The number of hydrogen-bond donors (Lipinski definition) is 0. The highest BCUT2D eigenvalue weighted by atomic mass is 35.5. The fraction of sp³-hybridized carbons (Fsp3) is 0.333. The van der Waals surface area contributed by atoms with E-state index in [9.17, 15) is 0 Å². The van der Waals surface area contributed by atoms with Crippen LogP contribution in [0, 0.1) is 0 Å². The second-order valence-corrected chi connectivity index (χ2v) is 3.69. The standard InChI is InChI=1S/C9H8Cl2NO/c10-7-2-1-3-8(11)9(7)13-6-4-12-5-6/h1-3,6H,4-5H2. The van der Waals surface area contributed by atoms with Crippen molar-refractivity contribution in [3.05, 3.63) is 28.2 Å². The second kappa shape index (κ2) is 3.74. The summed E-state index contributed by atoms with van der Waals surface area (Å²) in [5.41, 5.74) is 0. The minimum Gasteiger partial charge on any atom is -0.484 e. The van der Waals surface area contributed by atoms with Gasteiger partial charge in [-0.15, -0.1) is 0 Å². The average molecular weight is 217 g/mol. The van der Waals surface area contributed by atoms with Gasteiger partial charge >= 0.3 is 0 Å². The molecule has 13 heavy (non-hydrogen) atoms. The molecule has 0 bridgehead atoms. The summed E-state index contributed by atoms with van der Waals surface area (Å²) in [5, 5.41) is 5.15. The van der Waals surface area contributed by atoms with E-state index in [1.807, 2.05) is 0 Å². The van der Waals surface area contributed by atoms with Crippen LogP contribution in [0.2, 0.25) is 10.0 Å². The van der Waals surface area contributed by atoms with Gasteiger partial charge in [0.2, 0.25) is 0 Å². The van der Waals surface area contributed by atoms with Crippen molar-refractivity contribution in [1.29, 1.82) is 0 Å². The molecule has 0 aromatic heterocycles. The highest BCUT2D eigenvalue weighted by Crippen LogP contribution is 2.33. The van der Waals surface area contributed by atoms with Crippen LogP contribution in [0.4, 0.5) is 0 Å². The minimum atomic E-state index is 0.150. The molecule has 1 fully saturated rings. The molecule has 1 aliphatic heterocycles. The quantitative estimate of drug-likeness (QED) is 0.745. The summed E-state index contributed by atoms with van der Waals surface area (Å²) in [4.78, 5) is 0. The van der Waals surface area contributed by atoms with Crippen LogP contribution in [0.1, 0.15) is 0 Å². The Bertz CT molecular complexity index is 292. The fourth-order valence-corrected chi connectivity index (χ4v) is 1.56. The van der Waals surface area contributed by atoms with Gasteiger partial charge in [0.05, 0.1) is 23.1 Å². The third-order valence-electron chi connectivity index (χ3n) is 1.87. The molecule has 0 atom stereocenters. The second-order valence-electron chi connectivity index (χ2n) is 2.88. The van der Waals surface area contributed by atoms with Gasteiger partial charge in [0.25, 0.3) is 0 Å². The van der Waals surface area contributed by atoms with Crippen molar-refractivity contribution in [2.24, 2.45) is 0 Å². The Morgan fingerprint density at radius 1 is 1.23 bits per heavy atom. The number of para-hydroxylation sites is 1. The molecule has 1 saturated heterocycles. The van der Waals surface area contributed by atoms with Crippen molar-refractivity contribution in [2.45, 2.75) is 6.10 Å². The SMILES string of the molecule is Clc1cccc(Cl)c1OC1C[N]C1. The van der Waals surface area contributed by atoms with E-state index in [2.05, 4.69) is 5.32 Å². The molecule has 0 aliphatic carbocycles. The number of ether oxygens (including phenoxy) is 1. The Kier molecular flexibility index (Phi) is 2.63. The summed E-state index contributed by atoms with van der Waals surface area (Å²) in [5.74, 6) is 0.575. The molecule has 2 nitrogen and oxygen atoms in total. The van der Waals surface area contributed by atoms with Crippen LogP contribution in [0.15, 0.2) is 18.2 Å². The molecule has 1 aliphatic rings. The Morgan fingerprint density at radius 2 is 1.85 bits per heavy atom. The molecule has 1 heterocycles. The number of benzene rings is 1. The van der Waals surface area contributed by atoms with Gasteiger partial charge < -0.3 is 4.74 Å². The first kappa shape index (κ1) is 9.13. The van der Waals surface area contributed by atoms with Crippen LogP contribution in [0.3, 0.4) is 0 Å². The summed E-state index contributed by atoms with van der Waals surface area (Å²) in [7, 11) is 0. The van der Waals surface area contributed by atoms with Crippen molar-refractivity contribution in [2.75, 3.05) is 13.1 Å². The van der Waals surface area contributed by atoms with Crippen molar-refractivity contribution < 1.29 is 4.74 Å². The molecule has 0 unspecified atom stereocenters. The summed E-state index contributed by atoms with van der Waals surface area (Å²) in [6.45, 7) is 1.48. The Morgan fingerprint density at radius 3 is 2.31 bits per heavy atom. The normalized spacial score (nSPS) is 16.8. The lowest BCUT2D eigenvalue weighted by atomic mass is 10.2. The average Bonchev–Trinajstić information content (AvgIpc) is 2.00. The smallest absolute Gasteiger partial charge is 0.157 e. The molecule has 0 spiro atoms. The number of hydrogen-bond acceptors (Lipinski definition) is 1. The summed E-state index contributed by atoms with van der Waals surface area (Å²) >= 11 is 11.8. The Hall–Kier alpha value is -0.440. The van der Waals surface area contributed by atoms with E-state index in [0.717, 1.165) is 13.1 Å². The Balaban J connectivity index is 2.17. The predicted octanol–water partition coefficient (Wildman–Crippen LogP) is 2.36. The maximum atomic E-state index is 5.91. The minimum absolute atomic E-state index is 0.150. The van der Waals surface area contributed by atoms with E-state index in [4.69, 9.17) is 27.9 Å². The highest BCUT2D eigenvalue weighted by molar-refractivity contribution is 6.37. The molecule has 1 radical (unpaired) electrons. The van der Waals surface area contributed by atoms with Crippen molar-refractivity contribution in [3.8, 4) is 5.75 Å². The summed E-state index contributed by atoms with van der Waals surface area (Å²) in [6.07, 6.45) is 0.150. The van der Waals surface area contributed by atoms with E-state index in [1.54, 1.807) is 18.2 Å². The fourth-order valence-electron chi connectivity index (χ4n) is 1.07. The van der Waals surface area contributed by atoms with E-state index in [1.165, 1.54) is 0 Å². The van der Waals surface area contributed by atoms with Gasteiger partial charge in [-0.25, -0.2) is 5.32 Å². The van der Waals surface area contributed by atoms with Gasteiger partial charge in [-0.1, -0.05) is 29.3 Å². The highest BCUT2D eigenvalue weighted by Gasteiger charge is 2.21. The molecule has 0 amide bonds. The predicted molar refractivity (Wildman–Crippen MR) is 52.7 cm³/mol. The molecule has 1 aromatic carbocycles. The topological polar surface area (TPSA) is 23.3 Å². The third kappa shape index (κ3) is 1.90. The number of rotatable bonds is 2. The molecule has 4 heteroatoms. The van der Waals surface area contributed by atoms with E-state index in [-0.39, 0.29) is 6.10 Å². The van der Waals surface area contributed by atoms with Gasteiger partial charge in [-0.2, -0.15) is 0 Å². The van der Waals surface area contributed by atoms with E-state index in [0.29, 0.717) is 15.8 Å². The van der Waals surface area contributed by atoms with E-state index < -0.39 is 0 Å². The van der Waals surface area contributed by atoms with Crippen molar-refractivity contribution in [1.82, 2.24) is 5.32 Å². The number of nitrogens with zero attached hydrogens (tertiary/aromatic N) is 1. The van der Waals surface area contributed by atoms with Crippen LogP contribution in [-0.4, -0.2) is 19.2 Å². The first-order chi connectivity index (χ1) is 6.27. The zero-order valence-corrected chi connectivity index (χ0v) is 8.35. The van der Waals surface area contributed by atoms with Gasteiger partial charge in [-0.3, -0.25) is 0 Å². The molecular formula is C9H8Cl2NO. The molecule has 0 saturated carbocycles. The molecule has 2 rings (SSSR count). The molecular weight excluding hydrogens is 209 g/mol. The van der Waals surface area contributed by atoms with Gasteiger partial charge in [0.1, 0.15) is 6.10 Å². The molecule has 69 valence electrons. The van der Waals surface area contributed by atoms with Gasteiger partial charge in [0, 0.05) is 0 Å². The van der Waals surface area contributed by atoms with Gasteiger partial charge in [-0.05, 0) is 12.1 Å². The van der Waals surface area contributed by atoms with Crippen molar-refractivity contribution in [3.63, 3.8) is 0 Å². The maximum absolute atomic E-state index is 5.91. The maximum Gasteiger partial charge on any atom is 0.157 e. The largest absolute Gasteiger partial charge is 0.484 e. The zero-order valence-electron chi connectivity index (χ0n) is 6.84. The third-order valence-corrected chi connectivity index (χ3v) is 2.46. The van der Waals surface area contributed by atoms with Crippen molar-refractivity contribution >= 4 is 23.2 Å². The Labute approximate surface area is 86.8 Å². The first-order valence-electron chi connectivity index (χ1n) is 4.01. The van der Waals surface area contributed by atoms with Crippen LogP contribution in [-0.2, 0) is 0 Å². The van der Waals surface area contributed by atoms with Crippen LogP contribution >= 0.6 is 23.2 Å². The lowest BCUT2D eigenvalue weighted by Gasteiger charge is -2.26. The first-order valence-corrected chi connectivity index (χ1v) is 4.77. The summed E-state index contributed by atoms with van der Waals surface area (Å²) in [6, 6.07) is 5.32. The lowest BCUT2D eigenvalue weighted by Crippen LogP contribution is -2.45. The van der Waals surface area contributed by atoms with Crippen LogP contribution in [0.5, 0.6) is 5.75 Å². The van der Waals surface area contributed by atoms with Crippen LogP contribution in [0.25, 0.3) is 0 Å². The van der Waals surface area contributed by atoms with Crippen LogP contribution < -0.4 is 10.1 Å². The molecule has 1 aromatic rings. The monoisotopic (exact) mass is 216 g/mol. The zero-order chi connectivity index (χ0) is 9.26.